The predicted molar refractivity (Wildman–Crippen MR) is 130 cm³/mol. The fourth-order valence-electron chi connectivity index (χ4n) is 7.97. The molecule has 8 atom stereocenters. The van der Waals surface area contributed by atoms with E-state index in [1.807, 2.05) is 27.7 Å². The van der Waals surface area contributed by atoms with Gasteiger partial charge in [-0.3, -0.25) is 9.59 Å². The van der Waals surface area contributed by atoms with E-state index < -0.39 is 17.3 Å². The van der Waals surface area contributed by atoms with Crippen molar-refractivity contribution in [2.45, 2.75) is 87.1 Å². The summed E-state index contributed by atoms with van der Waals surface area (Å²) in [6, 6.07) is 0.00199. The van der Waals surface area contributed by atoms with Crippen LogP contribution in [0.4, 0.5) is 0 Å². The molecule has 2 fully saturated rings. The summed E-state index contributed by atoms with van der Waals surface area (Å²) in [5.41, 5.74) is 0.783. The third-order valence-corrected chi connectivity index (χ3v) is 8.98. The summed E-state index contributed by atoms with van der Waals surface area (Å²) in [5, 5.41) is 12.6. The molecule has 3 aliphatic rings. The molecule has 1 saturated carbocycles. The lowest BCUT2D eigenvalue weighted by molar-refractivity contribution is -0.149. The van der Waals surface area contributed by atoms with E-state index in [1.54, 1.807) is 0 Å². The third kappa shape index (κ3) is 4.44. The number of carbonyl (C=O) groups is 3. The number of ketones is 1. The van der Waals surface area contributed by atoms with Crippen molar-refractivity contribution >= 4 is 17.7 Å². The van der Waals surface area contributed by atoms with E-state index in [1.165, 1.54) is 6.08 Å². The topological polar surface area (TPSA) is 83.5 Å². The number of carboxylic acids is 1. The molecule has 33 heavy (non-hydrogen) atoms. The highest BCUT2D eigenvalue weighted by Gasteiger charge is 2.61. The molecule has 5 heteroatoms. The molecular formula is C28H43NO4. The Hall–Kier alpha value is -1.91. The van der Waals surface area contributed by atoms with Crippen LogP contribution in [-0.2, 0) is 14.4 Å². The van der Waals surface area contributed by atoms with Crippen LogP contribution in [0.5, 0.6) is 0 Å². The predicted octanol–water partition coefficient (Wildman–Crippen LogP) is 5.41. The molecule has 184 valence electrons. The van der Waals surface area contributed by atoms with Gasteiger partial charge in [0.25, 0.3) is 0 Å². The van der Waals surface area contributed by atoms with Crippen LogP contribution in [0.1, 0.15) is 81.1 Å². The molecule has 1 aliphatic heterocycles. The molecule has 0 aromatic heterocycles. The van der Waals surface area contributed by atoms with Crippen LogP contribution in [-0.4, -0.2) is 28.8 Å². The van der Waals surface area contributed by atoms with Gasteiger partial charge in [-0.05, 0) is 62.2 Å². The third-order valence-electron chi connectivity index (χ3n) is 8.98. The standard InChI is InChI=1S/C28H43NO4/c1-15(2)11-20-19(6)23(26(33)29-20)25(32)28(8)21-10-9-16(3)13-27(21,7)14-18(5)24(28)17(4)12-22(30)31/h12,14-16,19-21,23-24H,9-11,13H2,1-8H3,(H,29,33)(H,30,31)/b17-12+/t16-,19?,20?,21?,23?,24-,27?,28+/m1/s1. The highest BCUT2D eigenvalue weighted by Crippen LogP contribution is 2.62. The summed E-state index contributed by atoms with van der Waals surface area (Å²) in [6.45, 7) is 16.7. The molecule has 0 aromatic rings. The Kier molecular flexibility index (Phi) is 7.04. The summed E-state index contributed by atoms with van der Waals surface area (Å²) in [5.74, 6) is -1.15. The number of hydrogen-bond acceptors (Lipinski definition) is 3. The number of carbonyl (C=O) groups excluding carboxylic acids is 2. The van der Waals surface area contributed by atoms with Gasteiger partial charge in [0.15, 0.2) is 5.78 Å². The monoisotopic (exact) mass is 457 g/mol. The maximum Gasteiger partial charge on any atom is 0.328 e. The van der Waals surface area contributed by atoms with E-state index in [0.29, 0.717) is 17.4 Å². The molecule has 0 spiro atoms. The van der Waals surface area contributed by atoms with Crippen molar-refractivity contribution in [3.63, 3.8) is 0 Å². The van der Waals surface area contributed by atoms with E-state index in [9.17, 15) is 19.5 Å². The van der Waals surface area contributed by atoms with Crippen molar-refractivity contribution in [2.24, 2.45) is 46.3 Å². The Labute approximate surface area is 199 Å². The zero-order valence-corrected chi connectivity index (χ0v) is 21.7. The summed E-state index contributed by atoms with van der Waals surface area (Å²) < 4.78 is 0. The van der Waals surface area contributed by atoms with Crippen LogP contribution >= 0.6 is 0 Å². The van der Waals surface area contributed by atoms with Crippen LogP contribution in [0.2, 0.25) is 0 Å². The van der Waals surface area contributed by atoms with Gasteiger partial charge in [0.1, 0.15) is 5.92 Å². The van der Waals surface area contributed by atoms with Crippen molar-refractivity contribution in [1.29, 1.82) is 0 Å². The number of amides is 1. The van der Waals surface area contributed by atoms with E-state index >= 15 is 0 Å². The molecule has 3 rings (SSSR count). The highest BCUT2D eigenvalue weighted by atomic mass is 16.4. The van der Waals surface area contributed by atoms with Crippen LogP contribution < -0.4 is 5.32 Å². The average molecular weight is 458 g/mol. The van der Waals surface area contributed by atoms with Crippen molar-refractivity contribution in [1.82, 2.24) is 5.32 Å². The minimum absolute atomic E-state index is 0.000114. The number of nitrogens with one attached hydrogen (secondary N) is 1. The summed E-state index contributed by atoms with van der Waals surface area (Å²) in [7, 11) is 0. The first kappa shape index (κ1) is 25.7. The summed E-state index contributed by atoms with van der Waals surface area (Å²) in [6.07, 6.45) is 7.39. The van der Waals surface area contributed by atoms with Crippen molar-refractivity contribution in [2.75, 3.05) is 0 Å². The van der Waals surface area contributed by atoms with Gasteiger partial charge >= 0.3 is 5.97 Å². The lowest BCUT2D eigenvalue weighted by atomic mass is 9.45. The molecule has 0 bridgehead atoms. The molecule has 1 heterocycles. The lowest BCUT2D eigenvalue weighted by Gasteiger charge is -2.58. The number of aliphatic carboxylic acids is 1. The highest BCUT2D eigenvalue weighted by molar-refractivity contribution is 6.06. The van der Waals surface area contributed by atoms with Crippen LogP contribution in [0, 0.1) is 46.3 Å². The molecule has 2 N–H and O–H groups in total. The van der Waals surface area contributed by atoms with Gasteiger partial charge in [-0.15, -0.1) is 0 Å². The minimum Gasteiger partial charge on any atom is -0.478 e. The Bertz CT molecular complexity index is 886. The van der Waals surface area contributed by atoms with Crippen LogP contribution in [0.3, 0.4) is 0 Å². The van der Waals surface area contributed by atoms with Gasteiger partial charge in [0.05, 0.1) is 0 Å². The second kappa shape index (κ2) is 9.03. The van der Waals surface area contributed by atoms with E-state index in [0.717, 1.165) is 31.3 Å². The molecule has 5 unspecified atom stereocenters. The fraction of sp³-hybridized carbons (Fsp3) is 0.750. The summed E-state index contributed by atoms with van der Waals surface area (Å²) in [4.78, 5) is 39.3. The van der Waals surface area contributed by atoms with Crippen LogP contribution in [0.15, 0.2) is 23.3 Å². The number of hydrogen-bond donors (Lipinski definition) is 2. The molecular weight excluding hydrogens is 414 g/mol. The van der Waals surface area contributed by atoms with E-state index in [2.05, 4.69) is 39.1 Å². The van der Waals surface area contributed by atoms with Gasteiger partial charge in [-0.2, -0.15) is 0 Å². The molecule has 0 aromatic carbocycles. The largest absolute Gasteiger partial charge is 0.478 e. The minimum atomic E-state index is -0.996. The Balaban J connectivity index is 2.13. The van der Waals surface area contributed by atoms with Gasteiger partial charge in [0.2, 0.25) is 5.91 Å². The van der Waals surface area contributed by atoms with Crippen molar-refractivity contribution in [3.05, 3.63) is 23.3 Å². The molecule has 5 nitrogen and oxygen atoms in total. The summed E-state index contributed by atoms with van der Waals surface area (Å²) >= 11 is 0. The number of allylic oxidation sites excluding steroid dienone is 3. The van der Waals surface area contributed by atoms with E-state index in [-0.39, 0.29) is 40.9 Å². The van der Waals surface area contributed by atoms with Crippen LogP contribution in [0.25, 0.3) is 0 Å². The zero-order valence-electron chi connectivity index (χ0n) is 21.7. The Morgan fingerprint density at radius 1 is 1.24 bits per heavy atom. The van der Waals surface area contributed by atoms with E-state index in [4.69, 9.17) is 0 Å². The maximum atomic E-state index is 14.5. The molecule has 1 saturated heterocycles. The lowest BCUT2D eigenvalue weighted by Crippen LogP contribution is -2.56. The fourth-order valence-corrected chi connectivity index (χ4v) is 7.97. The normalized spacial score (nSPS) is 41.4. The van der Waals surface area contributed by atoms with Gasteiger partial charge in [-0.1, -0.05) is 65.2 Å². The van der Waals surface area contributed by atoms with Crippen molar-refractivity contribution < 1.29 is 19.5 Å². The smallest absolute Gasteiger partial charge is 0.328 e. The SMILES string of the molecule is CC1=CC2(C)C[C@H](C)CCC2[C@](C)(C(=O)C2C(=O)NC(CC(C)C)C2C)[C@@H]1/C(C)=C/C(=O)O. The first-order valence-electron chi connectivity index (χ1n) is 12.7. The first-order chi connectivity index (χ1) is 15.2. The van der Waals surface area contributed by atoms with Crippen molar-refractivity contribution in [3.8, 4) is 0 Å². The Morgan fingerprint density at radius 2 is 1.88 bits per heavy atom. The molecule has 0 radical (unpaired) electrons. The first-order valence-corrected chi connectivity index (χ1v) is 12.7. The quantitative estimate of drug-likeness (QED) is 0.317. The zero-order chi connectivity index (χ0) is 24.9. The van der Waals surface area contributed by atoms with Gasteiger partial charge < -0.3 is 10.4 Å². The second-order valence-electron chi connectivity index (χ2n) is 12.2. The second-order valence-corrected chi connectivity index (χ2v) is 12.2. The number of fused-ring (bicyclic) bond motifs is 1. The number of rotatable bonds is 6. The maximum absolute atomic E-state index is 14.5. The Morgan fingerprint density at radius 3 is 2.45 bits per heavy atom. The number of Topliss-reactive ketones (excluding diaryl/α,β-unsaturated/α-hetero) is 1. The van der Waals surface area contributed by atoms with Gasteiger partial charge in [-0.25, -0.2) is 4.79 Å². The molecule has 1 amide bonds. The van der Waals surface area contributed by atoms with Gasteiger partial charge in [0, 0.05) is 23.5 Å². The molecule has 2 aliphatic carbocycles. The number of carboxylic acid groups (broad SMARTS) is 1. The average Bonchev–Trinajstić information content (AvgIpc) is 2.91.